The van der Waals surface area contributed by atoms with Crippen LogP contribution in [0.15, 0.2) is 24.3 Å². The highest BCUT2D eigenvalue weighted by Crippen LogP contribution is 2.18. The van der Waals surface area contributed by atoms with E-state index in [0.29, 0.717) is 17.0 Å². The van der Waals surface area contributed by atoms with Gasteiger partial charge in [-0.05, 0) is 51.4 Å². The Bertz CT molecular complexity index is 474. The van der Waals surface area contributed by atoms with Gasteiger partial charge in [0.15, 0.2) is 5.78 Å². The van der Waals surface area contributed by atoms with E-state index in [4.69, 9.17) is 0 Å². The summed E-state index contributed by atoms with van der Waals surface area (Å²) in [6.07, 6.45) is 2.11. The van der Waals surface area contributed by atoms with Crippen molar-refractivity contribution in [3.05, 3.63) is 35.4 Å². The Kier molecular flexibility index (Phi) is 4.90. The first-order chi connectivity index (χ1) is 9.61. The summed E-state index contributed by atoms with van der Waals surface area (Å²) in [6, 6.07) is 6.95. The Balaban J connectivity index is 1.96. The van der Waals surface area contributed by atoms with Crippen molar-refractivity contribution >= 4 is 11.7 Å². The van der Waals surface area contributed by atoms with Gasteiger partial charge in [0, 0.05) is 24.2 Å². The van der Waals surface area contributed by atoms with Crippen molar-refractivity contribution in [3.8, 4) is 0 Å². The van der Waals surface area contributed by atoms with Crippen molar-refractivity contribution in [2.75, 3.05) is 26.7 Å². The number of ketones is 1. The van der Waals surface area contributed by atoms with Gasteiger partial charge in [-0.3, -0.25) is 9.59 Å². The molecule has 0 atom stereocenters. The zero-order valence-corrected chi connectivity index (χ0v) is 12.2. The smallest absolute Gasteiger partial charge is 0.253 e. The highest BCUT2D eigenvalue weighted by molar-refractivity contribution is 5.97. The quantitative estimate of drug-likeness (QED) is 0.854. The summed E-state index contributed by atoms with van der Waals surface area (Å²) in [5.74, 6) is 0.768. The molecule has 0 saturated carbocycles. The Morgan fingerprint density at radius 1 is 1.15 bits per heavy atom. The van der Waals surface area contributed by atoms with E-state index >= 15 is 0 Å². The van der Waals surface area contributed by atoms with Crippen molar-refractivity contribution in [2.45, 2.75) is 19.8 Å². The number of Topliss-reactive ketones (excluding diaryl/α,β-unsaturated/α-hetero) is 1. The lowest BCUT2D eigenvalue weighted by Gasteiger charge is -2.32. The monoisotopic (exact) mass is 274 g/mol. The molecular weight excluding hydrogens is 252 g/mol. The summed E-state index contributed by atoms with van der Waals surface area (Å²) in [5, 5.41) is 3.19. The molecule has 108 valence electrons. The number of rotatable bonds is 4. The molecule has 4 heteroatoms. The van der Waals surface area contributed by atoms with E-state index in [2.05, 4.69) is 5.32 Å². The molecule has 1 aromatic carbocycles. The minimum Gasteiger partial charge on any atom is -0.339 e. The lowest BCUT2D eigenvalue weighted by atomic mass is 9.96. The number of hydrogen-bond donors (Lipinski definition) is 1. The Morgan fingerprint density at radius 2 is 1.70 bits per heavy atom. The van der Waals surface area contributed by atoms with Crippen LogP contribution in [-0.2, 0) is 0 Å². The summed E-state index contributed by atoms with van der Waals surface area (Å²) in [7, 11) is 1.97. The zero-order chi connectivity index (χ0) is 14.5. The molecule has 20 heavy (non-hydrogen) atoms. The number of piperidine rings is 1. The minimum atomic E-state index is 0.0249. The first-order valence-corrected chi connectivity index (χ1v) is 7.16. The third-order valence-corrected chi connectivity index (χ3v) is 3.93. The summed E-state index contributed by atoms with van der Waals surface area (Å²) in [4.78, 5) is 25.5. The van der Waals surface area contributed by atoms with Crippen molar-refractivity contribution in [3.63, 3.8) is 0 Å². The predicted molar refractivity (Wildman–Crippen MR) is 79.0 cm³/mol. The summed E-state index contributed by atoms with van der Waals surface area (Å²) < 4.78 is 0. The van der Waals surface area contributed by atoms with Crippen molar-refractivity contribution in [1.29, 1.82) is 0 Å². The van der Waals surface area contributed by atoms with Gasteiger partial charge >= 0.3 is 0 Å². The highest BCUT2D eigenvalue weighted by atomic mass is 16.2. The van der Waals surface area contributed by atoms with Gasteiger partial charge in [0.05, 0.1) is 0 Å². The largest absolute Gasteiger partial charge is 0.339 e. The van der Waals surface area contributed by atoms with Gasteiger partial charge in [0.25, 0.3) is 5.91 Å². The molecule has 0 aromatic heterocycles. The van der Waals surface area contributed by atoms with Crippen LogP contribution in [-0.4, -0.2) is 43.3 Å². The molecule has 1 aliphatic heterocycles. The van der Waals surface area contributed by atoms with Gasteiger partial charge < -0.3 is 10.2 Å². The molecule has 1 aliphatic rings. The maximum Gasteiger partial charge on any atom is 0.253 e. The number of amides is 1. The van der Waals surface area contributed by atoms with E-state index in [0.717, 1.165) is 32.5 Å². The molecule has 1 N–H and O–H groups in total. The third kappa shape index (κ3) is 3.45. The average molecular weight is 274 g/mol. The molecule has 0 aliphatic carbocycles. The number of hydrogen-bond acceptors (Lipinski definition) is 3. The fourth-order valence-corrected chi connectivity index (χ4v) is 2.66. The Hall–Kier alpha value is -1.68. The number of likely N-dealkylation sites (tertiary alicyclic amines) is 1. The van der Waals surface area contributed by atoms with Crippen molar-refractivity contribution in [2.24, 2.45) is 5.92 Å². The summed E-state index contributed by atoms with van der Waals surface area (Å²) >= 11 is 0. The fraction of sp³-hybridized carbons (Fsp3) is 0.500. The molecule has 0 bridgehead atoms. The van der Waals surface area contributed by atoms with E-state index in [1.165, 1.54) is 6.92 Å². The van der Waals surface area contributed by atoms with Crippen LogP contribution in [0.4, 0.5) is 0 Å². The maximum atomic E-state index is 12.4. The predicted octanol–water partition coefficient (Wildman–Crippen LogP) is 1.96. The average Bonchev–Trinajstić information content (AvgIpc) is 2.48. The number of benzene rings is 1. The molecule has 1 fully saturated rings. The Labute approximate surface area is 120 Å². The first-order valence-electron chi connectivity index (χ1n) is 7.16. The fourth-order valence-electron chi connectivity index (χ4n) is 2.66. The molecular formula is C16H22N2O2. The second-order valence-corrected chi connectivity index (χ2v) is 5.43. The second-order valence-electron chi connectivity index (χ2n) is 5.43. The van der Waals surface area contributed by atoms with E-state index in [1.54, 1.807) is 24.3 Å². The van der Waals surface area contributed by atoms with Crippen LogP contribution in [0.3, 0.4) is 0 Å². The molecule has 1 heterocycles. The first kappa shape index (κ1) is 14.7. The van der Waals surface area contributed by atoms with Crippen LogP contribution in [0.1, 0.15) is 40.5 Å². The SMILES string of the molecule is CNCC1CCN(C(=O)c2ccc(C(C)=O)cc2)CC1. The van der Waals surface area contributed by atoms with Gasteiger partial charge in [-0.1, -0.05) is 12.1 Å². The van der Waals surface area contributed by atoms with Crippen LogP contribution >= 0.6 is 0 Å². The van der Waals surface area contributed by atoms with Crippen LogP contribution in [0.25, 0.3) is 0 Å². The van der Waals surface area contributed by atoms with Crippen LogP contribution in [0.5, 0.6) is 0 Å². The van der Waals surface area contributed by atoms with Crippen molar-refractivity contribution < 1.29 is 9.59 Å². The van der Waals surface area contributed by atoms with Gasteiger partial charge in [-0.2, -0.15) is 0 Å². The lowest BCUT2D eigenvalue weighted by molar-refractivity contribution is 0.0690. The van der Waals surface area contributed by atoms with Gasteiger partial charge in [-0.15, -0.1) is 0 Å². The summed E-state index contributed by atoms with van der Waals surface area (Å²) in [5.41, 5.74) is 1.32. The molecule has 1 aromatic rings. The lowest BCUT2D eigenvalue weighted by Crippen LogP contribution is -2.40. The number of carbonyl (C=O) groups is 2. The molecule has 0 radical (unpaired) electrons. The zero-order valence-electron chi connectivity index (χ0n) is 12.2. The van der Waals surface area contributed by atoms with Gasteiger partial charge in [-0.25, -0.2) is 0 Å². The van der Waals surface area contributed by atoms with Gasteiger partial charge in [0.1, 0.15) is 0 Å². The minimum absolute atomic E-state index is 0.0249. The van der Waals surface area contributed by atoms with Crippen LogP contribution < -0.4 is 5.32 Å². The molecule has 1 amide bonds. The van der Waals surface area contributed by atoms with E-state index in [-0.39, 0.29) is 11.7 Å². The second kappa shape index (κ2) is 6.66. The third-order valence-electron chi connectivity index (χ3n) is 3.93. The van der Waals surface area contributed by atoms with E-state index < -0.39 is 0 Å². The molecule has 0 spiro atoms. The van der Waals surface area contributed by atoms with Crippen molar-refractivity contribution in [1.82, 2.24) is 10.2 Å². The maximum absolute atomic E-state index is 12.4. The normalized spacial score (nSPS) is 16.2. The number of nitrogens with one attached hydrogen (secondary N) is 1. The Morgan fingerprint density at radius 3 is 2.20 bits per heavy atom. The molecule has 1 saturated heterocycles. The molecule has 0 unspecified atom stereocenters. The number of nitrogens with zero attached hydrogens (tertiary/aromatic N) is 1. The standard InChI is InChI=1S/C16H22N2O2/c1-12(19)14-3-5-15(6-4-14)16(20)18-9-7-13(8-10-18)11-17-2/h3-6,13,17H,7-11H2,1-2H3. The van der Waals surface area contributed by atoms with Crippen LogP contribution in [0.2, 0.25) is 0 Å². The molecule has 4 nitrogen and oxygen atoms in total. The van der Waals surface area contributed by atoms with Crippen LogP contribution in [0, 0.1) is 5.92 Å². The van der Waals surface area contributed by atoms with E-state index in [1.807, 2.05) is 11.9 Å². The van der Waals surface area contributed by atoms with Gasteiger partial charge in [0.2, 0.25) is 0 Å². The molecule has 2 rings (SSSR count). The highest BCUT2D eigenvalue weighted by Gasteiger charge is 2.23. The topological polar surface area (TPSA) is 49.4 Å². The van der Waals surface area contributed by atoms with E-state index in [9.17, 15) is 9.59 Å². The summed E-state index contributed by atoms with van der Waals surface area (Å²) in [6.45, 7) is 4.19. The number of carbonyl (C=O) groups excluding carboxylic acids is 2.